The Morgan fingerprint density at radius 3 is 2.71 bits per heavy atom. The Morgan fingerprint density at radius 2 is 2.14 bits per heavy atom. The molecule has 1 fully saturated rings. The normalized spacial score (nSPS) is 15.9. The number of hydrogen-bond acceptors (Lipinski definition) is 4. The third kappa shape index (κ3) is 4.62. The van der Waals surface area contributed by atoms with Crippen molar-refractivity contribution in [3.8, 4) is 0 Å². The van der Waals surface area contributed by atoms with Gasteiger partial charge >= 0.3 is 12.3 Å². The minimum Gasteiger partial charge on any atom is -0.368 e. The summed E-state index contributed by atoms with van der Waals surface area (Å²) in [4.78, 5) is 5.49. The zero-order chi connectivity index (χ0) is 15.5. The zero-order valence-electron chi connectivity index (χ0n) is 11.7. The minimum atomic E-state index is -4.11. The first-order valence-electron chi connectivity index (χ1n) is 6.87. The molecule has 1 heterocycles. The second-order valence-corrected chi connectivity index (χ2v) is 6.19. The lowest BCUT2D eigenvalue weighted by Gasteiger charge is -2.14. The maximum Gasteiger partial charge on any atom is 0.330 e. The number of nitrogens with one attached hydrogen (secondary N) is 1. The average molecular weight is 326 g/mol. The van der Waals surface area contributed by atoms with Gasteiger partial charge in [-0.3, -0.25) is 0 Å². The molecule has 2 rings (SSSR count). The molecule has 0 amide bonds. The monoisotopic (exact) mass is 326 g/mol. The maximum absolute atomic E-state index is 12.7. The van der Waals surface area contributed by atoms with Crippen molar-refractivity contribution in [3.05, 3.63) is 15.6 Å². The van der Waals surface area contributed by atoms with Crippen LogP contribution in [0.25, 0.3) is 0 Å². The molecule has 0 saturated heterocycles. The summed E-state index contributed by atoms with van der Waals surface area (Å²) in [6.07, 6.45) is -1.53. The van der Waals surface area contributed by atoms with Crippen LogP contribution in [0.2, 0.25) is 0 Å². The van der Waals surface area contributed by atoms with Gasteiger partial charge in [0.15, 0.2) is 0 Å². The van der Waals surface area contributed by atoms with Gasteiger partial charge in [-0.25, -0.2) is 13.8 Å². The van der Waals surface area contributed by atoms with Gasteiger partial charge in [0.05, 0.1) is 12.3 Å². The Morgan fingerprint density at radius 1 is 1.43 bits per heavy atom. The van der Waals surface area contributed by atoms with Crippen LogP contribution >= 0.6 is 11.3 Å². The van der Waals surface area contributed by atoms with Crippen LogP contribution in [0.5, 0.6) is 0 Å². The lowest BCUT2D eigenvalue weighted by molar-refractivity contribution is -0.168. The topological polar surface area (TPSA) is 34.1 Å². The number of ether oxygens (including phenoxy) is 1. The quantitative estimate of drug-likeness (QED) is 0.705. The first-order chi connectivity index (χ1) is 9.94. The van der Waals surface area contributed by atoms with Gasteiger partial charge in [-0.2, -0.15) is 8.78 Å². The van der Waals surface area contributed by atoms with E-state index in [1.165, 1.54) is 11.3 Å². The molecular formula is C13H18F4N2OS. The molecule has 0 aliphatic heterocycles. The fraction of sp³-hybridized carbons (Fsp3) is 0.769. The molecule has 0 radical (unpaired) electrons. The highest BCUT2D eigenvalue weighted by atomic mass is 32.1. The van der Waals surface area contributed by atoms with Crippen LogP contribution in [0.1, 0.15) is 41.3 Å². The van der Waals surface area contributed by atoms with E-state index in [1.54, 1.807) is 0 Å². The molecule has 0 aromatic carbocycles. The number of hydrogen-bond donors (Lipinski definition) is 1. The van der Waals surface area contributed by atoms with E-state index in [1.807, 2.05) is 6.92 Å². The van der Waals surface area contributed by atoms with E-state index in [0.717, 1.165) is 30.0 Å². The van der Waals surface area contributed by atoms with Crippen molar-refractivity contribution >= 4 is 11.3 Å². The van der Waals surface area contributed by atoms with Crippen molar-refractivity contribution in [1.29, 1.82) is 0 Å². The van der Waals surface area contributed by atoms with Crippen molar-refractivity contribution in [3.63, 3.8) is 0 Å². The average Bonchev–Trinajstić information content (AvgIpc) is 3.18. The maximum atomic E-state index is 12.7. The second kappa shape index (κ2) is 7.02. The molecule has 0 spiro atoms. The summed E-state index contributed by atoms with van der Waals surface area (Å²) in [7, 11) is 0. The van der Waals surface area contributed by atoms with Crippen molar-refractivity contribution in [2.45, 2.75) is 51.2 Å². The fourth-order valence-electron chi connectivity index (χ4n) is 1.85. The number of halogens is 4. The van der Waals surface area contributed by atoms with Gasteiger partial charge in [0, 0.05) is 17.3 Å². The van der Waals surface area contributed by atoms with Crippen molar-refractivity contribution < 1.29 is 22.3 Å². The fourth-order valence-corrected chi connectivity index (χ4v) is 2.92. The third-order valence-corrected chi connectivity index (χ3v) is 4.16. The van der Waals surface area contributed by atoms with Crippen LogP contribution in [0, 0.1) is 0 Å². The molecular weight excluding hydrogens is 308 g/mol. The summed E-state index contributed by atoms with van der Waals surface area (Å²) in [5.41, 5.74) is 1.00. The van der Waals surface area contributed by atoms with Crippen LogP contribution in [-0.2, 0) is 17.9 Å². The predicted molar refractivity (Wildman–Crippen MR) is 72.1 cm³/mol. The number of nitrogens with zero attached hydrogens (tertiary/aromatic N) is 1. The first-order valence-corrected chi connectivity index (χ1v) is 7.68. The largest absolute Gasteiger partial charge is 0.368 e. The highest BCUT2D eigenvalue weighted by molar-refractivity contribution is 7.11. The molecule has 1 aliphatic carbocycles. The van der Waals surface area contributed by atoms with Gasteiger partial charge in [-0.05, 0) is 19.4 Å². The summed E-state index contributed by atoms with van der Waals surface area (Å²) in [6, 6.07) is 0. The van der Waals surface area contributed by atoms with E-state index in [4.69, 9.17) is 4.74 Å². The van der Waals surface area contributed by atoms with E-state index in [0.29, 0.717) is 17.5 Å². The van der Waals surface area contributed by atoms with Gasteiger partial charge in [-0.15, -0.1) is 11.3 Å². The van der Waals surface area contributed by atoms with Crippen molar-refractivity contribution in [2.75, 3.05) is 13.2 Å². The van der Waals surface area contributed by atoms with Crippen molar-refractivity contribution in [2.24, 2.45) is 0 Å². The SMILES string of the molecule is CCNCc1sc(COCC(F)(F)C(F)F)nc1C1CC1. The lowest BCUT2D eigenvalue weighted by Crippen LogP contribution is -2.32. The summed E-state index contributed by atoms with van der Waals surface area (Å²) in [5, 5.41) is 3.77. The number of rotatable bonds is 9. The van der Waals surface area contributed by atoms with Gasteiger partial charge < -0.3 is 10.1 Å². The molecule has 1 aromatic rings. The minimum absolute atomic E-state index is 0.154. The Bertz CT molecular complexity index is 463. The van der Waals surface area contributed by atoms with E-state index >= 15 is 0 Å². The molecule has 1 N–H and O–H groups in total. The standard InChI is InChI=1S/C13H18F4N2OS/c1-2-18-5-9-11(8-3-4-8)19-10(21-9)6-20-7-13(16,17)12(14)15/h8,12,18H,2-7H2,1H3. The lowest BCUT2D eigenvalue weighted by atomic mass is 10.2. The number of aromatic nitrogens is 1. The zero-order valence-corrected chi connectivity index (χ0v) is 12.5. The molecule has 1 saturated carbocycles. The summed E-state index contributed by atoms with van der Waals surface area (Å²) in [5.74, 6) is -3.66. The van der Waals surface area contributed by atoms with Crippen LogP contribution < -0.4 is 5.32 Å². The van der Waals surface area contributed by atoms with Gasteiger partial charge in [0.2, 0.25) is 0 Å². The van der Waals surface area contributed by atoms with Crippen molar-refractivity contribution in [1.82, 2.24) is 10.3 Å². The molecule has 1 aromatic heterocycles. The van der Waals surface area contributed by atoms with E-state index in [9.17, 15) is 17.6 Å². The Kier molecular flexibility index (Phi) is 5.56. The first kappa shape index (κ1) is 16.6. The van der Waals surface area contributed by atoms with Crippen LogP contribution in [0.3, 0.4) is 0 Å². The van der Waals surface area contributed by atoms with Gasteiger partial charge in [0.25, 0.3) is 0 Å². The highest BCUT2D eigenvalue weighted by Crippen LogP contribution is 2.42. The van der Waals surface area contributed by atoms with Gasteiger partial charge in [0.1, 0.15) is 11.6 Å². The van der Waals surface area contributed by atoms with Crippen LogP contribution in [-0.4, -0.2) is 30.5 Å². The molecule has 1 aliphatic rings. The Balaban J connectivity index is 1.91. The third-order valence-electron chi connectivity index (χ3n) is 3.11. The molecule has 0 unspecified atom stereocenters. The van der Waals surface area contributed by atoms with Crippen LogP contribution in [0.4, 0.5) is 17.6 Å². The molecule has 21 heavy (non-hydrogen) atoms. The van der Waals surface area contributed by atoms with E-state index in [-0.39, 0.29) is 6.61 Å². The van der Waals surface area contributed by atoms with E-state index in [2.05, 4.69) is 10.3 Å². The summed E-state index contributed by atoms with van der Waals surface area (Å²) < 4.78 is 54.2. The highest BCUT2D eigenvalue weighted by Gasteiger charge is 2.41. The molecule has 0 bridgehead atoms. The molecule has 3 nitrogen and oxygen atoms in total. The summed E-state index contributed by atoms with van der Waals surface area (Å²) >= 11 is 1.40. The van der Waals surface area contributed by atoms with Gasteiger partial charge in [-0.1, -0.05) is 6.92 Å². The smallest absolute Gasteiger partial charge is 0.330 e. The predicted octanol–water partition coefficient (Wildman–Crippen LogP) is 3.55. The molecule has 0 atom stereocenters. The number of thiazole rings is 1. The summed E-state index contributed by atoms with van der Waals surface area (Å²) in [6.45, 7) is 2.07. The molecule has 120 valence electrons. The Labute approximate surface area is 124 Å². The Hall–Kier alpha value is -0.730. The molecule has 8 heteroatoms. The number of alkyl halides is 4. The van der Waals surface area contributed by atoms with Crippen LogP contribution in [0.15, 0.2) is 0 Å². The van der Waals surface area contributed by atoms with E-state index < -0.39 is 19.0 Å². The second-order valence-electron chi connectivity index (χ2n) is 5.03.